The number of hydrogen-bond acceptors (Lipinski definition) is 2. The summed E-state index contributed by atoms with van der Waals surface area (Å²) < 4.78 is 31.3. The third-order valence-electron chi connectivity index (χ3n) is 3.74. The van der Waals surface area contributed by atoms with E-state index in [0.717, 1.165) is 16.6 Å². The molecule has 0 radical (unpaired) electrons. The monoisotopic (exact) mass is 312 g/mol. The van der Waals surface area contributed by atoms with Crippen LogP contribution in [0, 0.1) is 11.3 Å². The highest BCUT2D eigenvalue weighted by Crippen LogP contribution is 2.35. The number of nitriles is 1. The Hall–Kier alpha value is -2.87. The van der Waals surface area contributed by atoms with Crippen molar-refractivity contribution in [3.8, 4) is 23.1 Å². The number of alkyl halides is 2. The highest BCUT2D eigenvalue weighted by atomic mass is 19.3. The van der Waals surface area contributed by atoms with Gasteiger partial charge in [-0.2, -0.15) is 14.0 Å². The van der Waals surface area contributed by atoms with E-state index in [9.17, 15) is 14.0 Å². The molecule has 0 fully saturated rings. The van der Waals surface area contributed by atoms with Crippen LogP contribution in [0.1, 0.15) is 12.5 Å². The third-order valence-corrected chi connectivity index (χ3v) is 3.74. The first-order valence-corrected chi connectivity index (χ1v) is 7.22. The van der Waals surface area contributed by atoms with Crippen molar-refractivity contribution in [1.82, 2.24) is 4.57 Å². The van der Waals surface area contributed by atoms with Crippen LogP contribution in [-0.4, -0.2) is 11.2 Å². The molecule has 0 aliphatic carbocycles. The van der Waals surface area contributed by atoms with Gasteiger partial charge in [-0.15, -0.1) is 0 Å². The van der Waals surface area contributed by atoms with E-state index in [0.29, 0.717) is 17.6 Å². The summed E-state index contributed by atoms with van der Waals surface area (Å²) in [7, 11) is 0. The normalized spacial score (nSPS) is 10.9. The summed E-state index contributed by atoms with van der Waals surface area (Å²) in [5, 5.41) is 10.3. The van der Waals surface area contributed by atoms with Crippen molar-refractivity contribution in [1.29, 1.82) is 5.26 Å². The minimum absolute atomic E-state index is 0.0869. The van der Waals surface area contributed by atoms with E-state index in [-0.39, 0.29) is 5.75 Å². The lowest BCUT2D eigenvalue weighted by Gasteiger charge is -2.09. The molecule has 0 saturated carbocycles. The number of rotatable bonds is 4. The molecule has 3 rings (SSSR count). The SMILES string of the molecule is CCn1c(-c2ccccc2)c(C#N)c2ccc(OC(F)F)cc21. The van der Waals surface area contributed by atoms with E-state index in [1.54, 1.807) is 12.1 Å². The lowest BCUT2D eigenvalue weighted by Crippen LogP contribution is -2.02. The number of ether oxygens (including phenoxy) is 1. The molecule has 116 valence electrons. The molecule has 0 bridgehead atoms. The fraction of sp³-hybridized carbons (Fsp3) is 0.167. The summed E-state index contributed by atoms with van der Waals surface area (Å²) in [5.74, 6) is 0.0869. The predicted molar refractivity (Wildman–Crippen MR) is 84.4 cm³/mol. The lowest BCUT2D eigenvalue weighted by atomic mass is 10.1. The standard InChI is InChI=1S/C18H14F2N2O/c1-2-22-16-10-13(23-18(19)20)8-9-14(16)15(11-21)17(22)12-6-4-3-5-7-12/h3-10,18H,2H2,1H3. The molecule has 3 aromatic rings. The van der Waals surface area contributed by atoms with Gasteiger partial charge in [-0.25, -0.2) is 0 Å². The zero-order chi connectivity index (χ0) is 16.4. The van der Waals surface area contributed by atoms with E-state index < -0.39 is 6.61 Å². The molecular weight excluding hydrogens is 298 g/mol. The largest absolute Gasteiger partial charge is 0.435 e. The highest BCUT2D eigenvalue weighted by Gasteiger charge is 2.18. The molecule has 0 atom stereocenters. The van der Waals surface area contributed by atoms with Crippen LogP contribution in [-0.2, 0) is 6.54 Å². The van der Waals surface area contributed by atoms with Gasteiger partial charge in [0.15, 0.2) is 0 Å². The minimum Gasteiger partial charge on any atom is -0.435 e. The summed E-state index contributed by atoms with van der Waals surface area (Å²) in [6.07, 6.45) is 0. The van der Waals surface area contributed by atoms with E-state index in [1.807, 2.05) is 41.8 Å². The molecule has 0 aliphatic rings. The van der Waals surface area contributed by atoms with Gasteiger partial charge in [-0.3, -0.25) is 0 Å². The van der Waals surface area contributed by atoms with Gasteiger partial charge in [0.25, 0.3) is 0 Å². The Kier molecular flexibility index (Phi) is 3.98. The van der Waals surface area contributed by atoms with Crippen LogP contribution < -0.4 is 4.74 Å². The molecule has 0 amide bonds. The van der Waals surface area contributed by atoms with Crippen LogP contribution in [0.4, 0.5) is 8.78 Å². The number of halogens is 2. The van der Waals surface area contributed by atoms with Gasteiger partial charge in [-0.1, -0.05) is 30.3 Å². The molecule has 1 aromatic heterocycles. The van der Waals surface area contributed by atoms with E-state index in [1.165, 1.54) is 6.07 Å². The van der Waals surface area contributed by atoms with Gasteiger partial charge >= 0.3 is 6.61 Å². The summed E-state index contributed by atoms with van der Waals surface area (Å²) in [6, 6.07) is 16.5. The second kappa shape index (κ2) is 6.09. The smallest absolute Gasteiger partial charge is 0.387 e. The molecule has 3 nitrogen and oxygen atoms in total. The number of aryl methyl sites for hydroxylation is 1. The van der Waals surface area contributed by atoms with Crippen LogP contribution in [0.25, 0.3) is 22.2 Å². The molecule has 1 heterocycles. The molecule has 0 spiro atoms. The summed E-state index contributed by atoms with van der Waals surface area (Å²) in [5.41, 5.74) is 2.95. The zero-order valence-electron chi connectivity index (χ0n) is 12.5. The zero-order valence-corrected chi connectivity index (χ0v) is 12.5. The van der Waals surface area contributed by atoms with E-state index in [2.05, 4.69) is 10.8 Å². The van der Waals surface area contributed by atoms with Gasteiger partial charge in [0.05, 0.1) is 16.8 Å². The summed E-state index contributed by atoms with van der Waals surface area (Å²) >= 11 is 0. The quantitative estimate of drug-likeness (QED) is 0.694. The second-order valence-electron chi connectivity index (χ2n) is 5.00. The Balaban J connectivity index is 2.30. The van der Waals surface area contributed by atoms with Crippen LogP contribution in [0.2, 0.25) is 0 Å². The second-order valence-corrected chi connectivity index (χ2v) is 5.00. The maximum absolute atomic E-state index is 12.4. The number of hydrogen-bond donors (Lipinski definition) is 0. The predicted octanol–water partition coefficient (Wildman–Crippen LogP) is 4.80. The maximum atomic E-state index is 12.4. The van der Waals surface area contributed by atoms with Crippen molar-refractivity contribution in [3.05, 3.63) is 54.1 Å². The average Bonchev–Trinajstić information content (AvgIpc) is 2.87. The lowest BCUT2D eigenvalue weighted by molar-refractivity contribution is -0.0497. The Morgan fingerprint density at radius 3 is 2.52 bits per heavy atom. The summed E-state index contributed by atoms with van der Waals surface area (Å²) in [4.78, 5) is 0. The number of nitrogens with zero attached hydrogens (tertiary/aromatic N) is 2. The topological polar surface area (TPSA) is 38.0 Å². The number of fused-ring (bicyclic) bond motifs is 1. The highest BCUT2D eigenvalue weighted by molar-refractivity contribution is 5.95. The Bertz CT molecular complexity index is 879. The Morgan fingerprint density at radius 1 is 1.17 bits per heavy atom. The van der Waals surface area contributed by atoms with Crippen molar-refractivity contribution >= 4 is 10.9 Å². The Labute approximate surface area is 132 Å². The third kappa shape index (κ3) is 2.64. The fourth-order valence-corrected chi connectivity index (χ4v) is 2.84. The van der Waals surface area contributed by atoms with Gasteiger partial charge in [0, 0.05) is 18.0 Å². The molecule has 0 saturated heterocycles. The van der Waals surface area contributed by atoms with Crippen molar-refractivity contribution in [2.24, 2.45) is 0 Å². The van der Waals surface area contributed by atoms with Crippen LogP contribution in [0.3, 0.4) is 0 Å². The first-order valence-electron chi connectivity index (χ1n) is 7.22. The fourth-order valence-electron chi connectivity index (χ4n) is 2.84. The van der Waals surface area contributed by atoms with Crippen LogP contribution in [0.5, 0.6) is 5.75 Å². The van der Waals surface area contributed by atoms with Gasteiger partial charge < -0.3 is 9.30 Å². The van der Waals surface area contributed by atoms with E-state index >= 15 is 0 Å². The first kappa shape index (κ1) is 15.0. The Morgan fingerprint density at radius 2 is 1.91 bits per heavy atom. The van der Waals surface area contributed by atoms with Crippen LogP contribution >= 0.6 is 0 Å². The van der Waals surface area contributed by atoms with Gasteiger partial charge in [0.1, 0.15) is 11.8 Å². The van der Waals surface area contributed by atoms with Crippen LogP contribution in [0.15, 0.2) is 48.5 Å². The molecule has 2 aromatic carbocycles. The molecule has 23 heavy (non-hydrogen) atoms. The van der Waals surface area contributed by atoms with Crippen molar-refractivity contribution in [2.45, 2.75) is 20.1 Å². The molecule has 0 aliphatic heterocycles. The first-order chi connectivity index (χ1) is 11.2. The summed E-state index contributed by atoms with van der Waals surface area (Å²) in [6.45, 7) is -0.310. The number of aromatic nitrogens is 1. The maximum Gasteiger partial charge on any atom is 0.387 e. The average molecular weight is 312 g/mol. The van der Waals surface area contributed by atoms with E-state index in [4.69, 9.17) is 0 Å². The van der Waals surface area contributed by atoms with Crippen molar-refractivity contribution in [2.75, 3.05) is 0 Å². The van der Waals surface area contributed by atoms with Gasteiger partial charge in [0.2, 0.25) is 0 Å². The molecule has 0 unspecified atom stereocenters. The molecular formula is C18H14F2N2O. The molecule has 5 heteroatoms. The minimum atomic E-state index is -2.87. The van der Waals surface area contributed by atoms with Crippen molar-refractivity contribution < 1.29 is 13.5 Å². The van der Waals surface area contributed by atoms with Crippen molar-refractivity contribution in [3.63, 3.8) is 0 Å². The van der Waals surface area contributed by atoms with Gasteiger partial charge in [-0.05, 0) is 24.6 Å². The molecule has 0 N–H and O–H groups in total. The number of benzene rings is 2.